The molecule has 0 radical (unpaired) electrons. The number of benzene rings is 2. The fourth-order valence-electron chi connectivity index (χ4n) is 7.21. The summed E-state index contributed by atoms with van der Waals surface area (Å²) in [7, 11) is 1.67. The van der Waals surface area contributed by atoms with Gasteiger partial charge in [0.15, 0.2) is 0 Å². The molecule has 2 aromatic carbocycles. The average molecular weight is 503 g/mol. The fraction of sp³-hybridized carbons (Fsp3) is 0.548. The number of nitrogens with zero attached hydrogens (tertiary/aromatic N) is 3. The number of nitrogens with two attached hydrogens (primary N) is 1. The number of fused-ring (bicyclic) bond motifs is 1. The Kier molecular flexibility index (Phi) is 6.71. The largest absolute Gasteiger partial charge is 0.497 e. The highest BCUT2D eigenvalue weighted by atomic mass is 16.5. The first-order valence-corrected chi connectivity index (χ1v) is 13.8. The van der Waals surface area contributed by atoms with E-state index < -0.39 is 0 Å². The lowest BCUT2D eigenvalue weighted by Crippen LogP contribution is -2.49. The number of hydrogen-bond donors (Lipinski definition) is 1. The van der Waals surface area contributed by atoms with E-state index in [1.807, 2.05) is 46.3 Å². The summed E-state index contributed by atoms with van der Waals surface area (Å²) < 4.78 is 5.63. The van der Waals surface area contributed by atoms with E-state index in [1.165, 1.54) is 19.3 Å². The number of ether oxygens (including phenoxy) is 1. The second-order valence-electron chi connectivity index (χ2n) is 12.8. The van der Waals surface area contributed by atoms with Gasteiger partial charge in [-0.2, -0.15) is 5.10 Å². The molecule has 1 heterocycles. The van der Waals surface area contributed by atoms with E-state index in [2.05, 4.69) is 33.8 Å². The first kappa shape index (κ1) is 25.6. The average Bonchev–Trinajstić information content (AvgIpc) is 2.97. The number of carbonyl (C=O) groups excluding carboxylic acids is 1. The van der Waals surface area contributed by atoms with Crippen molar-refractivity contribution in [3.8, 4) is 5.75 Å². The van der Waals surface area contributed by atoms with Crippen LogP contribution in [0.15, 0.2) is 47.6 Å². The van der Waals surface area contributed by atoms with Crippen molar-refractivity contribution >= 4 is 28.8 Å². The molecule has 6 nitrogen and oxygen atoms in total. The molecule has 0 bridgehead atoms. The number of hydrogen-bond acceptors (Lipinski definition) is 4. The third kappa shape index (κ3) is 5.21. The molecule has 5 rings (SSSR count). The van der Waals surface area contributed by atoms with Crippen molar-refractivity contribution in [3.05, 3.63) is 48.0 Å². The van der Waals surface area contributed by atoms with E-state index in [4.69, 9.17) is 15.6 Å². The molecule has 0 unspecified atom stereocenters. The van der Waals surface area contributed by atoms with E-state index in [0.717, 1.165) is 60.5 Å². The van der Waals surface area contributed by atoms with Crippen molar-refractivity contribution in [2.24, 2.45) is 21.8 Å². The van der Waals surface area contributed by atoms with Crippen molar-refractivity contribution in [3.63, 3.8) is 0 Å². The third-order valence-electron chi connectivity index (χ3n) is 8.35. The summed E-state index contributed by atoms with van der Waals surface area (Å²) in [6, 6.07) is 13.6. The molecule has 0 aromatic heterocycles. The van der Waals surface area contributed by atoms with Crippen molar-refractivity contribution in [1.29, 1.82) is 0 Å². The molecule has 2 amide bonds. The van der Waals surface area contributed by atoms with Gasteiger partial charge < -0.3 is 10.5 Å². The van der Waals surface area contributed by atoms with Crippen molar-refractivity contribution in [2.45, 2.75) is 85.1 Å². The molecule has 198 valence electrons. The van der Waals surface area contributed by atoms with Crippen LogP contribution in [-0.4, -0.2) is 29.9 Å². The molecule has 2 N–H and O–H groups in total. The van der Waals surface area contributed by atoms with Crippen LogP contribution < -0.4 is 15.4 Å². The second kappa shape index (κ2) is 9.70. The number of methoxy groups -OCH3 is 1. The molecule has 37 heavy (non-hydrogen) atoms. The summed E-state index contributed by atoms with van der Waals surface area (Å²) in [5, 5.41) is 7.16. The number of rotatable bonds is 4. The van der Waals surface area contributed by atoms with Crippen LogP contribution in [0.4, 0.5) is 21.9 Å². The van der Waals surface area contributed by atoms with Crippen LogP contribution in [0.1, 0.15) is 84.6 Å². The number of carbonyl (C=O) groups is 1. The van der Waals surface area contributed by atoms with Crippen molar-refractivity contribution in [2.75, 3.05) is 17.7 Å². The summed E-state index contributed by atoms with van der Waals surface area (Å²) >= 11 is 0. The maximum Gasteiger partial charge on any atom is 0.349 e. The van der Waals surface area contributed by atoms with Gasteiger partial charge in [0, 0.05) is 23.2 Å². The van der Waals surface area contributed by atoms with Crippen LogP contribution in [-0.2, 0) is 0 Å². The topological polar surface area (TPSA) is 71.2 Å². The van der Waals surface area contributed by atoms with E-state index >= 15 is 0 Å². The molecular weight excluding hydrogens is 460 g/mol. The summed E-state index contributed by atoms with van der Waals surface area (Å²) in [4.78, 5) is 16.4. The quantitative estimate of drug-likeness (QED) is 0.435. The highest BCUT2D eigenvalue weighted by molar-refractivity contribution is 6.14. The van der Waals surface area contributed by atoms with E-state index in [9.17, 15) is 4.79 Å². The Morgan fingerprint density at radius 3 is 2.22 bits per heavy atom. The van der Waals surface area contributed by atoms with E-state index in [-0.39, 0.29) is 22.9 Å². The van der Waals surface area contributed by atoms with Gasteiger partial charge in [-0.05, 0) is 79.3 Å². The monoisotopic (exact) mass is 502 g/mol. The number of nitrogen functional groups attached to an aromatic ring is 1. The summed E-state index contributed by atoms with van der Waals surface area (Å²) in [5.74, 6) is 1.07. The Morgan fingerprint density at radius 2 is 1.59 bits per heavy atom. The Hall–Kier alpha value is -3.02. The van der Waals surface area contributed by atoms with E-state index in [1.54, 1.807) is 7.11 Å². The smallest absolute Gasteiger partial charge is 0.349 e. The molecule has 0 atom stereocenters. The molecule has 3 aliphatic rings. The number of urea groups is 1. The SMILES string of the molecule is COc1ccc2c(c1)N(c1ccc(N)cc1)C(=O)N(C1CC(C)(C)CC(C)(C)C1)N=C2C1CCCCC1. The third-order valence-corrected chi connectivity index (χ3v) is 8.35. The standard InChI is InChI=1S/C31H42N4O2/c1-30(2)18-24(19-31(3,4)20-30)35-29(36)34(23-13-11-22(32)12-14-23)27-17-25(37-5)15-16-26(27)28(33-35)21-9-7-6-8-10-21/h11-17,21,24H,6-10,18-20,32H2,1-5H3. The van der Waals surface area contributed by atoms with Crippen molar-refractivity contribution in [1.82, 2.24) is 5.01 Å². The normalized spacial score (nSPS) is 22.3. The molecule has 2 aliphatic carbocycles. The van der Waals surface area contributed by atoms with Gasteiger partial charge in [-0.25, -0.2) is 9.80 Å². The lowest BCUT2D eigenvalue weighted by Gasteiger charge is -2.47. The Labute approximate surface area is 221 Å². The second-order valence-corrected chi connectivity index (χ2v) is 12.8. The van der Waals surface area contributed by atoms with Gasteiger partial charge >= 0.3 is 6.03 Å². The number of hydrazone groups is 1. The van der Waals surface area contributed by atoms with Gasteiger partial charge in [0.25, 0.3) is 0 Å². The van der Waals surface area contributed by atoms with Gasteiger partial charge in [0.1, 0.15) is 5.75 Å². The van der Waals surface area contributed by atoms with Crippen LogP contribution in [0.5, 0.6) is 5.75 Å². The van der Waals surface area contributed by atoms with Gasteiger partial charge in [-0.1, -0.05) is 47.0 Å². The lowest BCUT2D eigenvalue weighted by molar-refractivity contribution is 0.0423. The minimum atomic E-state index is -0.108. The highest BCUT2D eigenvalue weighted by Gasteiger charge is 2.45. The van der Waals surface area contributed by atoms with Crippen LogP contribution in [0.25, 0.3) is 0 Å². The summed E-state index contributed by atoms with van der Waals surface area (Å²) in [6.07, 6.45) is 8.88. The van der Waals surface area contributed by atoms with Gasteiger partial charge in [-0.15, -0.1) is 0 Å². The van der Waals surface area contributed by atoms with Gasteiger partial charge in [-0.3, -0.25) is 4.90 Å². The zero-order valence-electron chi connectivity index (χ0n) is 23.1. The maximum absolute atomic E-state index is 14.6. The molecule has 0 saturated heterocycles. The molecule has 0 spiro atoms. The first-order chi connectivity index (χ1) is 17.6. The Morgan fingerprint density at radius 1 is 0.946 bits per heavy atom. The zero-order chi connectivity index (χ0) is 26.4. The fourth-order valence-corrected chi connectivity index (χ4v) is 7.21. The van der Waals surface area contributed by atoms with E-state index in [0.29, 0.717) is 11.6 Å². The van der Waals surface area contributed by atoms with Crippen LogP contribution >= 0.6 is 0 Å². The highest BCUT2D eigenvalue weighted by Crippen LogP contribution is 2.49. The predicted octanol–water partition coefficient (Wildman–Crippen LogP) is 7.74. The van der Waals surface area contributed by atoms with Crippen LogP contribution in [0, 0.1) is 16.7 Å². The molecular formula is C31H42N4O2. The van der Waals surface area contributed by atoms with Gasteiger partial charge in [0.2, 0.25) is 0 Å². The zero-order valence-corrected chi connectivity index (χ0v) is 23.1. The summed E-state index contributed by atoms with van der Waals surface area (Å²) in [5.41, 5.74) is 10.6. The number of amides is 2. The Balaban J connectivity index is 1.70. The summed E-state index contributed by atoms with van der Waals surface area (Å²) in [6.45, 7) is 9.30. The Bertz CT molecular complexity index is 1160. The molecule has 2 saturated carbocycles. The predicted molar refractivity (Wildman–Crippen MR) is 152 cm³/mol. The van der Waals surface area contributed by atoms with Crippen LogP contribution in [0.3, 0.4) is 0 Å². The lowest BCUT2D eigenvalue weighted by atomic mass is 9.63. The number of anilines is 3. The molecule has 2 fully saturated rings. The first-order valence-electron chi connectivity index (χ1n) is 13.8. The minimum Gasteiger partial charge on any atom is -0.497 e. The van der Waals surface area contributed by atoms with Crippen molar-refractivity contribution < 1.29 is 9.53 Å². The minimum absolute atomic E-state index is 0.0253. The molecule has 1 aliphatic heterocycles. The molecule has 6 heteroatoms. The van der Waals surface area contributed by atoms with Gasteiger partial charge in [0.05, 0.1) is 30.2 Å². The maximum atomic E-state index is 14.6. The van der Waals surface area contributed by atoms with Crippen LogP contribution in [0.2, 0.25) is 0 Å². The molecule has 2 aromatic rings.